The molecular weight excluding hydrogens is 198 g/mol. The Balaban J connectivity index is 2.77. The standard InChI is InChI=1S/C9H11N3O3/c1-6-2-3-12(8(14)4-6)5-7(13)11-9(10)15/h2-4H,5H2,1H3,(H3,10,11,13,15). The van der Waals surface area contributed by atoms with E-state index >= 15 is 0 Å². The van der Waals surface area contributed by atoms with Crippen molar-refractivity contribution in [1.82, 2.24) is 9.88 Å². The largest absolute Gasteiger partial charge is 0.351 e. The normalized spacial score (nSPS) is 9.67. The molecule has 0 saturated carbocycles. The first-order chi connectivity index (χ1) is 6.99. The Labute approximate surface area is 85.7 Å². The average Bonchev–Trinajstić information content (AvgIpc) is 2.08. The van der Waals surface area contributed by atoms with E-state index in [0.29, 0.717) is 0 Å². The lowest BCUT2D eigenvalue weighted by atomic mass is 10.3. The van der Waals surface area contributed by atoms with Gasteiger partial charge in [0.15, 0.2) is 0 Å². The third-order valence-corrected chi connectivity index (χ3v) is 1.73. The molecule has 1 rings (SSSR count). The van der Waals surface area contributed by atoms with E-state index in [1.54, 1.807) is 13.0 Å². The highest BCUT2D eigenvalue weighted by Gasteiger charge is 2.05. The number of hydrogen-bond donors (Lipinski definition) is 2. The monoisotopic (exact) mass is 209 g/mol. The fourth-order valence-electron chi connectivity index (χ4n) is 1.07. The summed E-state index contributed by atoms with van der Waals surface area (Å²) in [5.41, 5.74) is 5.27. The molecule has 6 nitrogen and oxygen atoms in total. The Morgan fingerprint density at radius 2 is 2.20 bits per heavy atom. The van der Waals surface area contributed by atoms with Gasteiger partial charge in [-0.3, -0.25) is 14.9 Å². The molecule has 1 heterocycles. The maximum atomic E-state index is 11.3. The van der Waals surface area contributed by atoms with Crippen molar-refractivity contribution < 1.29 is 9.59 Å². The summed E-state index contributed by atoms with van der Waals surface area (Å²) in [5, 5.41) is 1.87. The van der Waals surface area contributed by atoms with E-state index in [4.69, 9.17) is 5.73 Å². The van der Waals surface area contributed by atoms with Gasteiger partial charge >= 0.3 is 6.03 Å². The van der Waals surface area contributed by atoms with Crippen molar-refractivity contribution in [3.63, 3.8) is 0 Å². The number of rotatable bonds is 2. The number of pyridine rings is 1. The van der Waals surface area contributed by atoms with Crippen molar-refractivity contribution in [3.05, 3.63) is 34.2 Å². The number of hydrogen-bond acceptors (Lipinski definition) is 3. The summed E-state index contributed by atoms with van der Waals surface area (Å²) in [5.74, 6) is -0.617. The molecule has 3 N–H and O–H groups in total. The van der Waals surface area contributed by atoms with Crippen LogP contribution in [0, 0.1) is 6.92 Å². The lowest BCUT2D eigenvalue weighted by Crippen LogP contribution is -2.38. The van der Waals surface area contributed by atoms with Crippen LogP contribution < -0.4 is 16.6 Å². The molecule has 0 atom stereocenters. The van der Waals surface area contributed by atoms with Gasteiger partial charge in [0.2, 0.25) is 5.91 Å². The number of nitrogens with two attached hydrogens (primary N) is 1. The molecule has 0 bridgehead atoms. The van der Waals surface area contributed by atoms with Crippen LogP contribution in [0.25, 0.3) is 0 Å². The highest BCUT2D eigenvalue weighted by Crippen LogP contribution is 1.90. The van der Waals surface area contributed by atoms with Crippen molar-refractivity contribution in [3.8, 4) is 0 Å². The minimum atomic E-state index is -0.930. The van der Waals surface area contributed by atoms with Gasteiger partial charge in [-0.1, -0.05) is 0 Å². The molecule has 15 heavy (non-hydrogen) atoms. The molecule has 0 spiro atoms. The predicted octanol–water partition coefficient (Wildman–Crippen LogP) is -0.648. The predicted molar refractivity (Wildman–Crippen MR) is 53.2 cm³/mol. The summed E-state index contributed by atoms with van der Waals surface area (Å²) in [6, 6.07) is 2.16. The van der Waals surface area contributed by atoms with Crippen LogP contribution >= 0.6 is 0 Å². The number of carbonyl (C=O) groups is 2. The third-order valence-electron chi connectivity index (χ3n) is 1.73. The third kappa shape index (κ3) is 3.26. The zero-order valence-electron chi connectivity index (χ0n) is 8.19. The van der Waals surface area contributed by atoms with E-state index in [1.165, 1.54) is 16.8 Å². The zero-order chi connectivity index (χ0) is 11.4. The second kappa shape index (κ2) is 4.41. The number of nitrogens with one attached hydrogen (secondary N) is 1. The Morgan fingerprint density at radius 3 is 2.73 bits per heavy atom. The Kier molecular flexibility index (Phi) is 3.22. The van der Waals surface area contributed by atoms with Crippen LogP contribution in [0.4, 0.5) is 4.79 Å². The van der Waals surface area contributed by atoms with Crippen LogP contribution in [0.15, 0.2) is 23.1 Å². The number of urea groups is 1. The zero-order valence-corrected chi connectivity index (χ0v) is 8.19. The molecule has 0 saturated heterocycles. The molecule has 0 radical (unpaired) electrons. The number of aromatic nitrogens is 1. The Hall–Kier alpha value is -2.11. The first-order valence-electron chi connectivity index (χ1n) is 4.25. The van der Waals surface area contributed by atoms with Gasteiger partial charge in [-0.15, -0.1) is 0 Å². The lowest BCUT2D eigenvalue weighted by Gasteiger charge is -2.04. The molecule has 3 amide bonds. The molecule has 0 aliphatic heterocycles. The Morgan fingerprint density at radius 1 is 1.53 bits per heavy atom. The SMILES string of the molecule is Cc1ccn(CC(=O)NC(N)=O)c(=O)c1. The Bertz CT molecular complexity index is 450. The van der Waals surface area contributed by atoms with Gasteiger partial charge in [0.25, 0.3) is 5.56 Å². The minimum Gasteiger partial charge on any atom is -0.351 e. The van der Waals surface area contributed by atoms with E-state index in [-0.39, 0.29) is 12.1 Å². The number of aryl methyl sites for hydroxylation is 1. The molecule has 0 aromatic carbocycles. The molecule has 1 aromatic rings. The van der Waals surface area contributed by atoms with E-state index in [9.17, 15) is 14.4 Å². The summed E-state index contributed by atoms with van der Waals surface area (Å²) < 4.78 is 1.19. The highest BCUT2D eigenvalue weighted by molar-refractivity contribution is 5.93. The van der Waals surface area contributed by atoms with E-state index < -0.39 is 11.9 Å². The van der Waals surface area contributed by atoms with Crippen molar-refractivity contribution in [2.24, 2.45) is 5.73 Å². The van der Waals surface area contributed by atoms with Crippen LogP contribution in [0.2, 0.25) is 0 Å². The summed E-state index contributed by atoms with van der Waals surface area (Å²) in [6.45, 7) is 1.55. The van der Waals surface area contributed by atoms with Gasteiger partial charge < -0.3 is 10.3 Å². The van der Waals surface area contributed by atoms with Crippen LogP contribution in [-0.4, -0.2) is 16.5 Å². The number of amides is 3. The van der Waals surface area contributed by atoms with Gasteiger partial charge in [0, 0.05) is 12.3 Å². The second-order valence-corrected chi connectivity index (χ2v) is 3.08. The molecule has 0 fully saturated rings. The van der Waals surface area contributed by atoms with Crippen molar-refractivity contribution in [1.29, 1.82) is 0 Å². The van der Waals surface area contributed by atoms with Gasteiger partial charge in [0.05, 0.1) is 0 Å². The second-order valence-electron chi connectivity index (χ2n) is 3.08. The molecule has 6 heteroatoms. The van der Waals surface area contributed by atoms with Crippen LogP contribution in [0.3, 0.4) is 0 Å². The first-order valence-corrected chi connectivity index (χ1v) is 4.25. The topological polar surface area (TPSA) is 94.2 Å². The molecule has 0 aliphatic rings. The van der Waals surface area contributed by atoms with Crippen LogP contribution in [0.5, 0.6) is 0 Å². The maximum Gasteiger partial charge on any atom is 0.318 e. The summed E-state index contributed by atoms with van der Waals surface area (Å²) in [4.78, 5) is 32.8. The smallest absolute Gasteiger partial charge is 0.318 e. The van der Waals surface area contributed by atoms with E-state index in [2.05, 4.69) is 0 Å². The van der Waals surface area contributed by atoms with Crippen molar-refractivity contribution in [2.75, 3.05) is 0 Å². The van der Waals surface area contributed by atoms with Crippen molar-refractivity contribution >= 4 is 11.9 Å². The average molecular weight is 209 g/mol. The maximum absolute atomic E-state index is 11.3. The van der Waals surface area contributed by atoms with E-state index in [0.717, 1.165) is 5.56 Å². The molecule has 0 unspecified atom stereocenters. The molecule has 0 aliphatic carbocycles. The fraction of sp³-hybridized carbons (Fsp3) is 0.222. The van der Waals surface area contributed by atoms with Gasteiger partial charge in [0.1, 0.15) is 6.54 Å². The molecule has 80 valence electrons. The van der Waals surface area contributed by atoms with E-state index in [1.807, 2.05) is 5.32 Å². The van der Waals surface area contributed by atoms with Crippen LogP contribution in [0.1, 0.15) is 5.56 Å². The molecule has 1 aromatic heterocycles. The number of nitrogens with zero attached hydrogens (tertiary/aromatic N) is 1. The van der Waals surface area contributed by atoms with Crippen molar-refractivity contribution in [2.45, 2.75) is 13.5 Å². The summed E-state index contributed by atoms with van der Waals surface area (Å²) in [7, 11) is 0. The lowest BCUT2D eigenvalue weighted by molar-refractivity contribution is -0.120. The summed E-state index contributed by atoms with van der Waals surface area (Å²) >= 11 is 0. The minimum absolute atomic E-state index is 0.220. The van der Waals surface area contributed by atoms with Gasteiger partial charge in [-0.2, -0.15) is 0 Å². The first kappa shape index (κ1) is 11.0. The van der Waals surface area contributed by atoms with Crippen LogP contribution in [-0.2, 0) is 11.3 Å². The van der Waals surface area contributed by atoms with Gasteiger partial charge in [-0.05, 0) is 18.6 Å². The number of primary amides is 1. The quantitative estimate of drug-likeness (QED) is 0.677. The summed E-state index contributed by atoms with van der Waals surface area (Å²) in [6.07, 6.45) is 1.48. The number of carbonyl (C=O) groups excluding carboxylic acids is 2. The fourth-order valence-corrected chi connectivity index (χ4v) is 1.07. The van der Waals surface area contributed by atoms with Gasteiger partial charge in [-0.25, -0.2) is 4.79 Å². The number of imide groups is 1. The molecular formula is C9H11N3O3. The highest BCUT2D eigenvalue weighted by atomic mass is 16.2.